The molecule has 4 nitrogen and oxygen atoms in total. The van der Waals surface area contributed by atoms with Gasteiger partial charge in [0.05, 0.1) is 6.54 Å². The number of carbonyl (C=O) groups excluding carboxylic acids is 1. The minimum absolute atomic E-state index is 0.200. The summed E-state index contributed by atoms with van der Waals surface area (Å²) in [6.07, 6.45) is 0. The molecule has 1 atom stereocenters. The van der Waals surface area contributed by atoms with E-state index in [0.29, 0.717) is 18.0 Å². The number of nitrogens with zero attached hydrogens (tertiary/aromatic N) is 3. The highest BCUT2D eigenvalue weighted by Gasteiger charge is 2.27. The van der Waals surface area contributed by atoms with E-state index in [2.05, 4.69) is 37.5 Å². The van der Waals surface area contributed by atoms with E-state index in [1.807, 2.05) is 14.1 Å². The summed E-state index contributed by atoms with van der Waals surface area (Å²) in [6.45, 7) is 13.8. The number of hydrogen-bond donors (Lipinski definition) is 0. The van der Waals surface area contributed by atoms with Gasteiger partial charge >= 0.3 is 0 Å². The van der Waals surface area contributed by atoms with E-state index in [-0.39, 0.29) is 5.91 Å². The van der Waals surface area contributed by atoms with Gasteiger partial charge in [-0.15, -0.1) is 0 Å². The molecule has 106 valence electrons. The van der Waals surface area contributed by atoms with Crippen LogP contribution in [0.4, 0.5) is 0 Å². The Morgan fingerprint density at radius 1 is 1.28 bits per heavy atom. The maximum absolute atomic E-state index is 11.7. The molecule has 0 aliphatic carbocycles. The molecule has 1 heterocycles. The molecule has 1 rings (SSSR count). The minimum atomic E-state index is 0.200. The third-order valence-electron chi connectivity index (χ3n) is 3.38. The second kappa shape index (κ2) is 6.02. The Labute approximate surface area is 112 Å². The zero-order valence-corrected chi connectivity index (χ0v) is 12.9. The quantitative estimate of drug-likeness (QED) is 0.756. The molecule has 0 bridgehead atoms. The fourth-order valence-electron chi connectivity index (χ4n) is 2.39. The molecule has 1 saturated heterocycles. The molecule has 1 fully saturated rings. The molecule has 0 aromatic heterocycles. The highest BCUT2D eigenvalue weighted by molar-refractivity contribution is 5.77. The van der Waals surface area contributed by atoms with Gasteiger partial charge in [-0.1, -0.05) is 20.8 Å². The van der Waals surface area contributed by atoms with Crippen molar-refractivity contribution in [2.75, 3.05) is 46.8 Å². The Hall–Kier alpha value is -0.610. The van der Waals surface area contributed by atoms with Crippen molar-refractivity contribution in [3.8, 4) is 0 Å². The average molecular weight is 255 g/mol. The SMILES string of the molecule is C[C@@H]1CN(CC(=O)N(C)C)CCN1CC(C)(C)C. The van der Waals surface area contributed by atoms with Gasteiger partial charge < -0.3 is 4.90 Å². The number of carbonyl (C=O) groups is 1. The summed E-state index contributed by atoms with van der Waals surface area (Å²) in [5, 5.41) is 0. The van der Waals surface area contributed by atoms with Crippen LogP contribution in [0.3, 0.4) is 0 Å². The third-order valence-corrected chi connectivity index (χ3v) is 3.38. The topological polar surface area (TPSA) is 26.8 Å². The van der Waals surface area contributed by atoms with Gasteiger partial charge in [-0.2, -0.15) is 0 Å². The van der Waals surface area contributed by atoms with E-state index in [9.17, 15) is 4.79 Å². The van der Waals surface area contributed by atoms with Gasteiger partial charge in [0.25, 0.3) is 0 Å². The van der Waals surface area contributed by atoms with Crippen molar-refractivity contribution in [2.24, 2.45) is 5.41 Å². The molecule has 4 heteroatoms. The van der Waals surface area contributed by atoms with Crippen LogP contribution in [0.2, 0.25) is 0 Å². The molecule has 1 aliphatic heterocycles. The molecular formula is C14H29N3O. The Morgan fingerprint density at radius 3 is 2.33 bits per heavy atom. The second-order valence-electron chi connectivity index (χ2n) is 6.90. The van der Waals surface area contributed by atoms with Gasteiger partial charge in [0.2, 0.25) is 5.91 Å². The van der Waals surface area contributed by atoms with Gasteiger partial charge in [-0.25, -0.2) is 0 Å². The Morgan fingerprint density at radius 2 is 1.89 bits per heavy atom. The Kier molecular flexibility index (Phi) is 5.17. The predicted octanol–water partition coefficient (Wildman–Crippen LogP) is 1.13. The van der Waals surface area contributed by atoms with Crippen LogP contribution in [0.1, 0.15) is 27.7 Å². The summed E-state index contributed by atoms with van der Waals surface area (Å²) >= 11 is 0. The Balaban J connectivity index is 2.43. The molecule has 0 saturated carbocycles. The predicted molar refractivity (Wildman–Crippen MR) is 75.6 cm³/mol. The van der Waals surface area contributed by atoms with Crippen LogP contribution in [-0.2, 0) is 4.79 Å². The third kappa shape index (κ3) is 4.94. The smallest absolute Gasteiger partial charge is 0.236 e. The fourth-order valence-corrected chi connectivity index (χ4v) is 2.39. The van der Waals surface area contributed by atoms with Crippen LogP contribution >= 0.6 is 0 Å². The lowest BCUT2D eigenvalue weighted by molar-refractivity contribution is -0.130. The highest BCUT2D eigenvalue weighted by atomic mass is 16.2. The van der Waals surface area contributed by atoms with E-state index >= 15 is 0 Å². The van der Waals surface area contributed by atoms with Crippen LogP contribution in [0.25, 0.3) is 0 Å². The van der Waals surface area contributed by atoms with Gasteiger partial charge in [0, 0.05) is 46.3 Å². The fraction of sp³-hybridized carbons (Fsp3) is 0.929. The second-order valence-corrected chi connectivity index (χ2v) is 6.90. The molecule has 0 unspecified atom stereocenters. The molecule has 0 N–H and O–H groups in total. The monoisotopic (exact) mass is 255 g/mol. The first-order chi connectivity index (χ1) is 8.19. The lowest BCUT2D eigenvalue weighted by Gasteiger charge is -2.42. The summed E-state index contributed by atoms with van der Waals surface area (Å²) in [5.41, 5.74) is 0.343. The van der Waals surface area contributed by atoms with E-state index in [4.69, 9.17) is 0 Å². The normalized spacial score (nSPS) is 23.1. The molecule has 1 amide bonds. The number of likely N-dealkylation sites (N-methyl/N-ethyl adjacent to an activating group) is 1. The zero-order valence-electron chi connectivity index (χ0n) is 12.9. The lowest BCUT2D eigenvalue weighted by atomic mass is 9.95. The van der Waals surface area contributed by atoms with Crippen molar-refractivity contribution in [1.82, 2.24) is 14.7 Å². The van der Waals surface area contributed by atoms with Gasteiger partial charge in [-0.3, -0.25) is 14.6 Å². The van der Waals surface area contributed by atoms with Crippen molar-refractivity contribution < 1.29 is 4.79 Å². The van der Waals surface area contributed by atoms with Crippen LogP contribution in [0, 0.1) is 5.41 Å². The van der Waals surface area contributed by atoms with E-state index < -0.39 is 0 Å². The van der Waals surface area contributed by atoms with Gasteiger partial charge in [-0.05, 0) is 12.3 Å². The largest absolute Gasteiger partial charge is 0.348 e. The molecular weight excluding hydrogens is 226 g/mol. The minimum Gasteiger partial charge on any atom is -0.348 e. The van der Waals surface area contributed by atoms with Crippen molar-refractivity contribution in [3.05, 3.63) is 0 Å². The number of rotatable bonds is 3. The van der Waals surface area contributed by atoms with Crippen molar-refractivity contribution in [1.29, 1.82) is 0 Å². The summed E-state index contributed by atoms with van der Waals surface area (Å²) < 4.78 is 0. The summed E-state index contributed by atoms with van der Waals surface area (Å²) in [5.74, 6) is 0.200. The van der Waals surface area contributed by atoms with Crippen molar-refractivity contribution in [3.63, 3.8) is 0 Å². The molecule has 1 aliphatic rings. The molecule has 0 aromatic carbocycles. The zero-order chi connectivity index (χ0) is 13.9. The van der Waals surface area contributed by atoms with E-state index in [1.165, 1.54) is 0 Å². The first kappa shape index (κ1) is 15.4. The highest BCUT2D eigenvalue weighted by Crippen LogP contribution is 2.19. The van der Waals surface area contributed by atoms with E-state index in [0.717, 1.165) is 26.2 Å². The van der Waals surface area contributed by atoms with Gasteiger partial charge in [0.1, 0.15) is 0 Å². The summed E-state index contributed by atoms with van der Waals surface area (Å²) in [4.78, 5) is 18.2. The number of piperazine rings is 1. The molecule has 0 radical (unpaired) electrons. The first-order valence-electron chi connectivity index (χ1n) is 6.85. The number of amides is 1. The van der Waals surface area contributed by atoms with Crippen molar-refractivity contribution in [2.45, 2.75) is 33.7 Å². The standard InChI is InChI=1S/C14H29N3O/c1-12-9-16(10-13(18)15(5)6)7-8-17(12)11-14(2,3)4/h12H,7-11H2,1-6H3/t12-/m1/s1. The van der Waals surface area contributed by atoms with Crippen LogP contribution in [0.5, 0.6) is 0 Å². The van der Waals surface area contributed by atoms with Crippen LogP contribution < -0.4 is 0 Å². The maximum atomic E-state index is 11.7. The Bertz CT molecular complexity index is 283. The molecule has 18 heavy (non-hydrogen) atoms. The summed E-state index contributed by atoms with van der Waals surface area (Å²) in [7, 11) is 3.64. The van der Waals surface area contributed by atoms with Gasteiger partial charge in [0.15, 0.2) is 0 Å². The van der Waals surface area contributed by atoms with Crippen LogP contribution in [-0.4, -0.2) is 73.5 Å². The lowest BCUT2D eigenvalue weighted by Crippen LogP contribution is -2.55. The molecule has 0 aromatic rings. The van der Waals surface area contributed by atoms with Crippen molar-refractivity contribution >= 4 is 5.91 Å². The summed E-state index contributed by atoms with van der Waals surface area (Å²) in [6, 6.07) is 0.535. The molecule has 0 spiro atoms. The van der Waals surface area contributed by atoms with E-state index in [1.54, 1.807) is 4.90 Å². The maximum Gasteiger partial charge on any atom is 0.236 e. The number of hydrogen-bond acceptors (Lipinski definition) is 3. The average Bonchev–Trinajstić information content (AvgIpc) is 2.20. The first-order valence-corrected chi connectivity index (χ1v) is 6.85. The van der Waals surface area contributed by atoms with Crippen LogP contribution in [0.15, 0.2) is 0 Å².